The molecule has 0 bridgehead atoms. The molecule has 1 aromatic rings. The van der Waals surface area contributed by atoms with Crippen LogP contribution in [0.3, 0.4) is 0 Å². The molecule has 1 aliphatic carbocycles. The van der Waals surface area contributed by atoms with Crippen LogP contribution in [-0.2, 0) is 0 Å². The van der Waals surface area contributed by atoms with Crippen molar-refractivity contribution in [1.29, 1.82) is 0 Å². The standard InChI is InChI=1S/C14H21BO2/c1-9-5-6-11(10(9)2)12-7-8-15-14(17-4)13(12)16-3/h7-11H,5-6H2,1-4H3. The molecular weight excluding hydrogens is 211 g/mol. The molecule has 3 atom stereocenters. The topological polar surface area (TPSA) is 18.5 Å². The summed E-state index contributed by atoms with van der Waals surface area (Å²) in [5.74, 6) is 5.11. The molecule has 17 heavy (non-hydrogen) atoms. The molecular formula is C14H21BO2. The second-order valence-corrected chi connectivity index (χ2v) is 5.10. The van der Waals surface area contributed by atoms with Gasteiger partial charge in [0.1, 0.15) is 0 Å². The third kappa shape index (κ3) is 2.20. The number of hydrogen-bond acceptors (Lipinski definition) is 2. The van der Waals surface area contributed by atoms with Crippen molar-refractivity contribution in [3.8, 4) is 11.4 Å². The summed E-state index contributed by atoms with van der Waals surface area (Å²) in [6.45, 7) is 6.66. The molecule has 2 rings (SSSR count). The summed E-state index contributed by atoms with van der Waals surface area (Å²) in [6.07, 6.45) is 2.57. The fraction of sp³-hybridized carbons (Fsp3) is 0.643. The quantitative estimate of drug-likeness (QED) is 0.796. The Labute approximate surface area is 105 Å². The number of ether oxygens (including phenoxy) is 2. The van der Waals surface area contributed by atoms with Crippen LogP contribution in [0, 0.1) is 11.8 Å². The molecule has 0 saturated heterocycles. The molecule has 3 heteroatoms. The van der Waals surface area contributed by atoms with Gasteiger partial charge in [-0.3, -0.25) is 0 Å². The Morgan fingerprint density at radius 2 is 1.94 bits per heavy atom. The Morgan fingerprint density at radius 1 is 1.18 bits per heavy atom. The van der Waals surface area contributed by atoms with Gasteiger partial charge in [0.2, 0.25) is 0 Å². The molecule has 0 spiro atoms. The Balaban J connectivity index is 2.38. The summed E-state index contributed by atoms with van der Waals surface area (Å²) in [4.78, 5) is 0. The van der Waals surface area contributed by atoms with E-state index in [1.165, 1.54) is 18.4 Å². The fourth-order valence-electron chi connectivity index (χ4n) is 3.01. The van der Waals surface area contributed by atoms with E-state index in [-0.39, 0.29) is 0 Å². The Bertz CT molecular complexity index is 392. The average molecular weight is 232 g/mol. The summed E-state index contributed by atoms with van der Waals surface area (Å²) in [7, 11) is 3.42. The first-order valence-corrected chi connectivity index (χ1v) is 6.40. The van der Waals surface area contributed by atoms with Gasteiger partial charge >= 0.3 is 104 Å². The van der Waals surface area contributed by atoms with Gasteiger partial charge in [0, 0.05) is 0 Å². The van der Waals surface area contributed by atoms with E-state index < -0.39 is 0 Å². The first kappa shape index (κ1) is 12.5. The van der Waals surface area contributed by atoms with E-state index >= 15 is 0 Å². The molecule has 0 amide bonds. The Morgan fingerprint density at radius 3 is 2.47 bits per heavy atom. The van der Waals surface area contributed by atoms with E-state index in [9.17, 15) is 0 Å². The van der Waals surface area contributed by atoms with Crippen molar-refractivity contribution in [2.45, 2.75) is 32.6 Å². The van der Waals surface area contributed by atoms with Gasteiger partial charge in [0.25, 0.3) is 0 Å². The zero-order chi connectivity index (χ0) is 12.4. The zero-order valence-electron chi connectivity index (χ0n) is 11.2. The Hall–Kier alpha value is -0.985. The van der Waals surface area contributed by atoms with Crippen molar-refractivity contribution < 1.29 is 9.47 Å². The number of rotatable bonds is 3. The third-order valence-electron chi connectivity index (χ3n) is 4.30. The SMILES string of the molecule is COc1bccc(C2CCC(C)C2C)c1OC. The predicted molar refractivity (Wildman–Crippen MR) is 71.2 cm³/mol. The van der Waals surface area contributed by atoms with Crippen LogP contribution in [0.2, 0.25) is 0 Å². The first-order chi connectivity index (χ1) is 8.19. The molecule has 1 aromatic heterocycles. The second-order valence-electron chi connectivity index (χ2n) is 5.10. The molecule has 1 aliphatic rings. The van der Waals surface area contributed by atoms with Crippen molar-refractivity contribution in [3.63, 3.8) is 0 Å². The number of hydrogen-bond donors (Lipinski definition) is 0. The van der Waals surface area contributed by atoms with Gasteiger partial charge in [-0.25, -0.2) is 0 Å². The normalized spacial score (nSPS) is 27.9. The molecule has 3 unspecified atom stereocenters. The van der Waals surface area contributed by atoms with E-state index in [0.29, 0.717) is 5.92 Å². The van der Waals surface area contributed by atoms with E-state index in [0.717, 1.165) is 23.2 Å². The van der Waals surface area contributed by atoms with Gasteiger partial charge in [0.15, 0.2) is 0 Å². The van der Waals surface area contributed by atoms with Crippen LogP contribution in [0.4, 0.5) is 0 Å². The molecule has 2 nitrogen and oxygen atoms in total. The van der Waals surface area contributed by atoms with Gasteiger partial charge in [-0.15, -0.1) is 0 Å². The molecule has 1 heterocycles. The van der Waals surface area contributed by atoms with Crippen LogP contribution >= 0.6 is 0 Å². The predicted octanol–water partition coefficient (Wildman–Crippen LogP) is 3.19. The van der Waals surface area contributed by atoms with Gasteiger partial charge in [-0.1, -0.05) is 0 Å². The van der Waals surface area contributed by atoms with E-state index in [2.05, 4.69) is 25.9 Å². The summed E-state index contributed by atoms with van der Waals surface area (Å²) in [6, 6.07) is 2.18. The van der Waals surface area contributed by atoms with Crippen molar-refractivity contribution in [2.24, 2.45) is 11.8 Å². The molecule has 92 valence electrons. The van der Waals surface area contributed by atoms with Gasteiger partial charge in [0.05, 0.1) is 0 Å². The molecule has 1 fully saturated rings. The first-order valence-electron chi connectivity index (χ1n) is 6.40. The van der Waals surface area contributed by atoms with Crippen molar-refractivity contribution in [2.75, 3.05) is 14.2 Å². The average Bonchev–Trinajstić information content (AvgIpc) is 2.69. The van der Waals surface area contributed by atoms with Crippen LogP contribution in [0.1, 0.15) is 38.2 Å². The van der Waals surface area contributed by atoms with Crippen molar-refractivity contribution >= 4 is 6.91 Å². The van der Waals surface area contributed by atoms with Crippen LogP contribution in [0.15, 0.2) is 12.0 Å². The van der Waals surface area contributed by atoms with E-state index in [1.807, 2.05) is 6.91 Å². The van der Waals surface area contributed by atoms with Crippen LogP contribution in [-0.4, -0.2) is 21.1 Å². The summed E-state index contributed by atoms with van der Waals surface area (Å²) >= 11 is 0. The van der Waals surface area contributed by atoms with E-state index in [1.54, 1.807) is 14.2 Å². The van der Waals surface area contributed by atoms with Crippen LogP contribution in [0.25, 0.3) is 0 Å². The van der Waals surface area contributed by atoms with Gasteiger partial charge in [-0.2, -0.15) is 0 Å². The van der Waals surface area contributed by atoms with Gasteiger partial charge in [-0.05, 0) is 0 Å². The minimum absolute atomic E-state index is 0.607. The molecule has 0 aliphatic heterocycles. The summed E-state index contributed by atoms with van der Waals surface area (Å²) in [5.41, 5.74) is 2.15. The monoisotopic (exact) mass is 232 g/mol. The molecule has 0 N–H and O–H groups in total. The summed E-state index contributed by atoms with van der Waals surface area (Å²) in [5, 5.41) is 0. The third-order valence-corrected chi connectivity index (χ3v) is 4.30. The van der Waals surface area contributed by atoms with Crippen LogP contribution in [0.5, 0.6) is 11.4 Å². The molecule has 1 saturated carbocycles. The maximum atomic E-state index is 5.54. The minimum atomic E-state index is 0.607. The van der Waals surface area contributed by atoms with Gasteiger partial charge < -0.3 is 0 Å². The zero-order valence-corrected chi connectivity index (χ0v) is 11.2. The number of methoxy groups -OCH3 is 2. The fourth-order valence-corrected chi connectivity index (χ4v) is 3.01. The molecule has 0 aromatic carbocycles. The van der Waals surface area contributed by atoms with Crippen molar-refractivity contribution in [1.82, 2.24) is 0 Å². The second kappa shape index (κ2) is 5.11. The van der Waals surface area contributed by atoms with E-state index in [4.69, 9.17) is 9.47 Å². The van der Waals surface area contributed by atoms with Crippen LogP contribution < -0.4 is 9.47 Å². The maximum absolute atomic E-state index is 5.54. The Kier molecular flexibility index (Phi) is 3.75. The molecule has 0 radical (unpaired) electrons. The van der Waals surface area contributed by atoms with Crippen molar-refractivity contribution in [3.05, 3.63) is 17.6 Å². The summed E-state index contributed by atoms with van der Waals surface area (Å²) < 4.78 is 10.9.